The summed E-state index contributed by atoms with van der Waals surface area (Å²) in [6, 6.07) is 8.19. The molecule has 0 amide bonds. The van der Waals surface area contributed by atoms with E-state index in [0.717, 1.165) is 17.1 Å². The monoisotopic (exact) mass is 244 g/mol. The standard InChI is InChI=1S/C14H16N2O2/c1-10-4-3-5-11(8-10)12-9-15-13(16-12)6-7-14(17)18-2/h3-5,8-9H,6-7H2,1-2H3,(H,15,16). The molecule has 0 atom stereocenters. The third-order valence-corrected chi connectivity index (χ3v) is 2.75. The lowest BCUT2D eigenvalue weighted by Gasteiger charge is -1.99. The second-order valence-electron chi connectivity index (χ2n) is 4.19. The zero-order chi connectivity index (χ0) is 13.0. The van der Waals surface area contributed by atoms with Gasteiger partial charge in [-0.05, 0) is 18.6 Å². The number of ether oxygens (including phenoxy) is 1. The molecule has 4 nitrogen and oxygen atoms in total. The number of H-pyrrole nitrogens is 1. The number of hydrogen-bond acceptors (Lipinski definition) is 3. The first-order valence-electron chi connectivity index (χ1n) is 5.87. The van der Waals surface area contributed by atoms with Crippen molar-refractivity contribution in [2.75, 3.05) is 7.11 Å². The Morgan fingerprint density at radius 1 is 1.44 bits per heavy atom. The summed E-state index contributed by atoms with van der Waals surface area (Å²) in [4.78, 5) is 18.5. The van der Waals surface area contributed by atoms with Gasteiger partial charge in [-0.1, -0.05) is 23.8 Å². The maximum absolute atomic E-state index is 11.0. The van der Waals surface area contributed by atoms with Crippen LogP contribution in [-0.2, 0) is 16.0 Å². The minimum atomic E-state index is -0.219. The summed E-state index contributed by atoms with van der Waals surface area (Å²) in [6.45, 7) is 2.05. The van der Waals surface area contributed by atoms with E-state index in [9.17, 15) is 4.79 Å². The number of benzene rings is 1. The summed E-state index contributed by atoms with van der Waals surface area (Å²) in [5.41, 5.74) is 3.28. The molecule has 1 N–H and O–H groups in total. The number of carbonyl (C=O) groups is 1. The van der Waals surface area contributed by atoms with Crippen molar-refractivity contribution in [3.05, 3.63) is 41.9 Å². The van der Waals surface area contributed by atoms with Crippen LogP contribution in [0.3, 0.4) is 0 Å². The summed E-state index contributed by atoms with van der Waals surface area (Å²) in [5.74, 6) is 0.584. The molecule has 1 aromatic carbocycles. The summed E-state index contributed by atoms with van der Waals surface area (Å²) in [5, 5.41) is 0. The van der Waals surface area contributed by atoms with Gasteiger partial charge in [0.05, 0.1) is 25.4 Å². The number of nitrogens with zero attached hydrogens (tertiary/aromatic N) is 1. The zero-order valence-electron chi connectivity index (χ0n) is 10.6. The van der Waals surface area contributed by atoms with Crippen LogP contribution < -0.4 is 0 Å². The van der Waals surface area contributed by atoms with E-state index in [1.807, 2.05) is 12.1 Å². The van der Waals surface area contributed by atoms with E-state index in [1.54, 1.807) is 6.20 Å². The van der Waals surface area contributed by atoms with E-state index in [2.05, 4.69) is 33.8 Å². The SMILES string of the molecule is COC(=O)CCc1ncc(-c2cccc(C)c2)[nH]1. The number of methoxy groups -OCH3 is 1. The van der Waals surface area contributed by atoms with Crippen molar-refractivity contribution in [2.24, 2.45) is 0 Å². The molecule has 0 saturated heterocycles. The molecule has 0 fully saturated rings. The average Bonchev–Trinajstić information content (AvgIpc) is 2.84. The van der Waals surface area contributed by atoms with Crippen molar-refractivity contribution in [3.63, 3.8) is 0 Å². The van der Waals surface area contributed by atoms with E-state index >= 15 is 0 Å². The van der Waals surface area contributed by atoms with Crippen LogP contribution in [0.5, 0.6) is 0 Å². The molecule has 0 radical (unpaired) electrons. The smallest absolute Gasteiger partial charge is 0.305 e. The summed E-state index contributed by atoms with van der Waals surface area (Å²) < 4.78 is 4.60. The predicted molar refractivity (Wildman–Crippen MR) is 69.1 cm³/mol. The normalized spacial score (nSPS) is 10.3. The minimum Gasteiger partial charge on any atom is -0.469 e. The lowest BCUT2D eigenvalue weighted by Crippen LogP contribution is -2.02. The highest BCUT2D eigenvalue weighted by Gasteiger charge is 2.06. The van der Waals surface area contributed by atoms with Crippen LogP contribution in [0.15, 0.2) is 30.5 Å². The van der Waals surface area contributed by atoms with Crippen molar-refractivity contribution in [1.82, 2.24) is 9.97 Å². The molecule has 1 heterocycles. The predicted octanol–water partition coefficient (Wildman–Crippen LogP) is 2.49. The number of aryl methyl sites for hydroxylation is 2. The second-order valence-corrected chi connectivity index (χ2v) is 4.19. The van der Waals surface area contributed by atoms with Gasteiger partial charge in [-0.15, -0.1) is 0 Å². The fraction of sp³-hybridized carbons (Fsp3) is 0.286. The highest BCUT2D eigenvalue weighted by molar-refractivity contribution is 5.69. The number of hydrogen-bond donors (Lipinski definition) is 1. The molecule has 4 heteroatoms. The van der Waals surface area contributed by atoms with Gasteiger partial charge >= 0.3 is 5.97 Å². The Labute approximate surface area is 106 Å². The molecule has 2 aromatic rings. The molecule has 0 aliphatic carbocycles. The molecule has 18 heavy (non-hydrogen) atoms. The van der Waals surface area contributed by atoms with Crippen molar-refractivity contribution >= 4 is 5.97 Å². The van der Waals surface area contributed by atoms with Crippen molar-refractivity contribution < 1.29 is 9.53 Å². The van der Waals surface area contributed by atoms with Crippen LogP contribution in [0.1, 0.15) is 17.8 Å². The van der Waals surface area contributed by atoms with Gasteiger partial charge in [0, 0.05) is 6.42 Å². The Morgan fingerprint density at radius 2 is 2.28 bits per heavy atom. The first-order chi connectivity index (χ1) is 8.69. The van der Waals surface area contributed by atoms with Crippen molar-refractivity contribution in [1.29, 1.82) is 0 Å². The lowest BCUT2D eigenvalue weighted by molar-refractivity contribution is -0.140. The molecule has 0 aliphatic rings. The highest BCUT2D eigenvalue weighted by atomic mass is 16.5. The second kappa shape index (κ2) is 5.49. The van der Waals surface area contributed by atoms with Crippen molar-refractivity contribution in [3.8, 4) is 11.3 Å². The van der Waals surface area contributed by atoms with E-state index in [4.69, 9.17) is 0 Å². The largest absolute Gasteiger partial charge is 0.469 e. The summed E-state index contributed by atoms with van der Waals surface area (Å²) in [6.07, 6.45) is 2.71. The fourth-order valence-electron chi connectivity index (χ4n) is 1.77. The van der Waals surface area contributed by atoms with Gasteiger partial charge in [-0.2, -0.15) is 0 Å². The quantitative estimate of drug-likeness (QED) is 0.841. The first kappa shape index (κ1) is 12.4. The molecule has 2 rings (SSSR count). The highest BCUT2D eigenvalue weighted by Crippen LogP contribution is 2.18. The van der Waals surface area contributed by atoms with Crippen LogP contribution in [-0.4, -0.2) is 23.0 Å². The molecule has 0 bridgehead atoms. The molecule has 94 valence electrons. The molecule has 0 saturated carbocycles. The van der Waals surface area contributed by atoms with Crippen LogP contribution >= 0.6 is 0 Å². The maximum Gasteiger partial charge on any atom is 0.305 e. The van der Waals surface area contributed by atoms with Gasteiger partial charge in [0.2, 0.25) is 0 Å². The molecular weight excluding hydrogens is 228 g/mol. The summed E-state index contributed by atoms with van der Waals surface area (Å²) >= 11 is 0. The molecule has 0 aliphatic heterocycles. The number of aromatic amines is 1. The van der Waals surface area contributed by atoms with Gasteiger partial charge in [0.25, 0.3) is 0 Å². The van der Waals surface area contributed by atoms with E-state index in [1.165, 1.54) is 12.7 Å². The number of aromatic nitrogens is 2. The van der Waals surface area contributed by atoms with Gasteiger partial charge in [-0.25, -0.2) is 4.98 Å². The molecule has 0 spiro atoms. The first-order valence-corrected chi connectivity index (χ1v) is 5.87. The van der Waals surface area contributed by atoms with Crippen molar-refractivity contribution in [2.45, 2.75) is 19.8 Å². The fourth-order valence-corrected chi connectivity index (χ4v) is 1.77. The van der Waals surface area contributed by atoms with Crippen LogP contribution in [0.4, 0.5) is 0 Å². The maximum atomic E-state index is 11.0. The van der Waals surface area contributed by atoms with E-state index in [0.29, 0.717) is 12.8 Å². The van der Waals surface area contributed by atoms with Gasteiger partial charge in [0.15, 0.2) is 0 Å². The Bertz CT molecular complexity index is 546. The number of rotatable bonds is 4. The molecular formula is C14H16N2O2. The Kier molecular flexibility index (Phi) is 3.77. The van der Waals surface area contributed by atoms with E-state index in [-0.39, 0.29) is 5.97 Å². The van der Waals surface area contributed by atoms with E-state index < -0.39 is 0 Å². The molecule has 0 unspecified atom stereocenters. The lowest BCUT2D eigenvalue weighted by atomic mass is 10.1. The number of carbonyl (C=O) groups excluding carboxylic acids is 1. The topological polar surface area (TPSA) is 55.0 Å². The zero-order valence-corrected chi connectivity index (χ0v) is 10.6. The Morgan fingerprint density at radius 3 is 3.00 bits per heavy atom. The third-order valence-electron chi connectivity index (χ3n) is 2.75. The van der Waals surface area contributed by atoms with Crippen LogP contribution in [0, 0.1) is 6.92 Å². The van der Waals surface area contributed by atoms with Gasteiger partial charge < -0.3 is 9.72 Å². The number of esters is 1. The number of nitrogens with one attached hydrogen (secondary N) is 1. The minimum absolute atomic E-state index is 0.219. The molecule has 1 aromatic heterocycles. The summed E-state index contributed by atoms with van der Waals surface area (Å²) in [7, 11) is 1.39. The van der Waals surface area contributed by atoms with Gasteiger partial charge in [-0.3, -0.25) is 4.79 Å². The average molecular weight is 244 g/mol. The number of imidazole rings is 1. The Hall–Kier alpha value is -2.10. The van der Waals surface area contributed by atoms with Gasteiger partial charge in [0.1, 0.15) is 5.82 Å². The van der Waals surface area contributed by atoms with Crippen LogP contribution in [0.2, 0.25) is 0 Å². The van der Waals surface area contributed by atoms with Crippen LogP contribution in [0.25, 0.3) is 11.3 Å². The Balaban J connectivity index is 2.08. The third kappa shape index (κ3) is 2.97.